The van der Waals surface area contributed by atoms with Crippen molar-refractivity contribution in [3.05, 3.63) is 34.0 Å². The molecular weight excluding hydrogens is 244 g/mol. The smallest absolute Gasteiger partial charge is 0.223 e. The lowest BCUT2D eigenvalue weighted by Gasteiger charge is -2.13. The average molecular weight is 262 g/mol. The normalized spacial score (nSPS) is 12.7. The van der Waals surface area contributed by atoms with Crippen LogP contribution in [0, 0.1) is 6.92 Å². The fourth-order valence-electron chi connectivity index (χ4n) is 1.66. The maximum absolute atomic E-state index is 4.54. The third kappa shape index (κ3) is 3.04. The van der Waals surface area contributed by atoms with Gasteiger partial charge in [-0.05, 0) is 25.8 Å². The molecule has 0 bridgehead atoms. The highest BCUT2D eigenvalue weighted by Crippen LogP contribution is 2.20. The fraction of sp³-hybridized carbons (Fsp3) is 0.462. The minimum atomic E-state index is 0.131. The minimum Gasteiger partial charge on any atom is -0.345 e. The monoisotopic (exact) mass is 262 g/mol. The molecule has 0 aliphatic carbocycles. The number of hydrogen-bond donors (Lipinski definition) is 1. The van der Waals surface area contributed by atoms with Gasteiger partial charge in [-0.3, -0.25) is 0 Å². The second-order valence-electron chi connectivity index (χ2n) is 4.65. The average Bonchev–Trinajstić information content (AvgIpc) is 2.81. The van der Waals surface area contributed by atoms with Crippen LogP contribution in [-0.2, 0) is 0 Å². The number of aromatic nitrogens is 3. The van der Waals surface area contributed by atoms with Crippen molar-refractivity contribution in [2.24, 2.45) is 0 Å². The van der Waals surface area contributed by atoms with E-state index in [1.165, 1.54) is 0 Å². The van der Waals surface area contributed by atoms with Crippen molar-refractivity contribution in [1.82, 2.24) is 15.0 Å². The maximum Gasteiger partial charge on any atom is 0.223 e. The zero-order valence-corrected chi connectivity index (χ0v) is 12.0. The predicted molar refractivity (Wildman–Crippen MR) is 75.0 cm³/mol. The van der Waals surface area contributed by atoms with Gasteiger partial charge in [0, 0.05) is 23.0 Å². The van der Waals surface area contributed by atoms with Crippen molar-refractivity contribution in [3.8, 4) is 0 Å². The molecule has 0 aromatic carbocycles. The van der Waals surface area contributed by atoms with Gasteiger partial charge in [0.05, 0.1) is 6.04 Å². The molecule has 0 saturated carbocycles. The highest BCUT2D eigenvalue weighted by molar-refractivity contribution is 7.09. The number of rotatable bonds is 4. The summed E-state index contributed by atoms with van der Waals surface area (Å²) in [6, 6.07) is 2.16. The van der Waals surface area contributed by atoms with Crippen LogP contribution in [0.3, 0.4) is 0 Å². The summed E-state index contributed by atoms with van der Waals surface area (Å²) in [6.07, 6.45) is 1.81. The first-order valence-electron chi connectivity index (χ1n) is 6.07. The minimum absolute atomic E-state index is 0.131. The molecule has 1 atom stereocenters. The van der Waals surface area contributed by atoms with Crippen LogP contribution in [0.1, 0.15) is 49.1 Å². The quantitative estimate of drug-likeness (QED) is 0.915. The molecule has 0 saturated heterocycles. The first kappa shape index (κ1) is 13.0. The summed E-state index contributed by atoms with van der Waals surface area (Å²) in [6.45, 7) is 8.33. The summed E-state index contributed by atoms with van der Waals surface area (Å²) in [4.78, 5) is 13.3. The molecule has 1 N–H and O–H groups in total. The Morgan fingerprint density at radius 2 is 2.00 bits per heavy atom. The Bertz CT molecular complexity index is 508. The van der Waals surface area contributed by atoms with Gasteiger partial charge < -0.3 is 5.32 Å². The van der Waals surface area contributed by atoms with E-state index < -0.39 is 0 Å². The SMILES string of the molecule is Cc1cc(C(C)C)nc(NC(C)c2nccs2)n1. The van der Waals surface area contributed by atoms with E-state index in [0.717, 1.165) is 16.4 Å². The first-order valence-corrected chi connectivity index (χ1v) is 6.95. The lowest BCUT2D eigenvalue weighted by atomic mass is 10.1. The number of nitrogens with zero attached hydrogens (tertiary/aromatic N) is 3. The van der Waals surface area contributed by atoms with Gasteiger partial charge in [0.1, 0.15) is 5.01 Å². The molecule has 2 heterocycles. The Hall–Kier alpha value is -1.49. The molecule has 0 spiro atoms. The Balaban J connectivity index is 2.18. The molecule has 0 aliphatic rings. The van der Waals surface area contributed by atoms with Crippen LogP contribution in [0.25, 0.3) is 0 Å². The van der Waals surface area contributed by atoms with Crippen LogP contribution >= 0.6 is 11.3 Å². The van der Waals surface area contributed by atoms with Crippen LogP contribution in [-0.4, -0.2) is 15.0 Å². The predicted octanol–water partition coefficient (Wildman–Crippen LogP) is 3.54. The lowest BCUT2D eigenvalue weighted by Crippen LogP contribution is -2.11. The van der Waals surface area contributed by atoms with Crippen molar-refractivity contribution in [1.29, 1.82) is 0 Å². The van der Waals surface area contributed by atoms with Crippen molar-refractivity contribution >= 4 is 17.3 Å². The highest BCUT2D eigenvalue weighted by Gasteiger charge is 2.11. The summed E-state index contributed by atoms with van der Waals surface area (Å²) in [7, 11) is 0. The molecule has 2 aromatic heterocycles. The standard InChI is InChI=1S/C13H18N4S/c1-8(2)11-7-9(3)15-13(17-11)16-10(4)12-14-5-6-18-12/h5-8,10H,1-4H3,(H,15,16,17). The number of thiazole rings is 1. The van der Waals surface area contributed by atoms with Crippen LogP contribution in [0.2, 0.25) is 0 Å². The molecule has 0 radical (unpaired) electrons. The van der Waals surface area contributed by atoms with E-state index >= 15 is 0 Å². The van der Waals surface area contributed by atoms with Gasteiger partial charge in [-0.15, -0.1) is 11.3 Å². The van der Waals surface area contributed by atoms with E-state index in [2.05, 4.69) is 41.0 Å². The van der Waals surface area contributed by atoms with Crippen LogP contribution < -0.4 is 5.32 Å². The summed E-state index contributed by atoms with van der Waals surface area (Å²) >= 11 is 1.64. The molecule has 4 nitrogen and oxygen atoms in total. The van der Waals surface area contributed by atoms with Gasteiger partial charge >= 0.3 is 0 Å². The molecule has 0 amide bonds. The molecule has 5 heteroatoms. The van der Waals surface area contributed by atoms with Crippen LogP contribution in [0.5, 0.6) is 0 Å². The van der Waals surface area contributed by atoms with E-state index in [4.69, 9.17) is 0 Å². The van der Waals surface area contributed by atoms with Gasteiger partial charge in [-0.1, -0.05) is 13.8 Å². The maximum atomic E-state index is 4.54. The van der Waals surface area contributed by atoms with Crippen molar-refractivity contribution < 1.29 is 0 Å². The lowest BCUT2D eigenvalue weighted by molar-refractivity contribution is 0.791. The number of hydrogen-bond acceptors (Lipinski definition) is 5. The third-order valence-corrected chi connectivity index (χ3v) is 3.59. The van der Waals surface area contributed by atoms with Gasteiger partial charge in [-0.2, -0.15) is 0 Å². The van der Waals surface area contributed by atoms with E-state index in [9.17, 15) is 0 Å². The third-order valence-electron chi connectivity index (χ3n) is 2.63. The van der Waals surface area contributed by atoms with Crippen LogP contribution in [0.4, 0.5) is 5.95 Å². The fourth-order valence-corrected chi connectivity index (χ4v) is 2.30. The Labute approximate surface area is 112 Å². The van der Waals surface area contributed by atoms with Gasteiger partial charge in [0.15, 0.2) is 0 Å². The van der Waals surface area contributed by atoms with Gasteiger partial charge in [0.2, 0.25) is 5.95 Å². The molecule has 0 aliphatic heterocycles. The largest absolute Gasteiger partial charge is 0.345 e. The first-order chi connectivity index (χ1) is 8.56. The summed E-state index contributed by atoms with van der Waals surface area (Å²) in [5, 5.41) is 6.33. The molecule has 0 fully saturated rings. The van der Waals surface area contributed by atoms with Gasteiger partial charge in [-0.25, -0.2) is 15.0 Å². The van der Waals surface area contributed by atoms with E-state index in [1.54, 1.807) is 11.3 Å². The zero-order valence-electron chi connectivity index (χ0n) is 11.1. The summed E-state index contributed by atoms with van der Waals surface area (Å²) < 4.78 is 0. The Kier molecular flexibility index (Phi) is 3.91. The second-order valence-corrected chi connectivity index (χ2v) is 5.58. The topological polar surface area (TPSA) is 50.7 Å². The Morgan fingerprint density at radius 1 is 1.22 bits per heavy atom. The second kappa shape index (κ2) is 5.44. The number of anilines is 1. The van der Waals surface area contributed by atoms with Gasteiger partial charge in [0.25, 0.3) is 0 Å². The number of nitrogens with one attached hydrogen (secondary N) is 1. The van der Waals surface area contributed by atoms with Crippen molar-refractivity contribution in [3.63, 3.8) is 0 Å². The summed E-state index contributed by atoms with van der Waals surface area (Å²) in [5.74, 6) is 1.09. The molecule has 2 aromatic rings. The molecular formula is C13H18N4S. The van der Waals surface area contributed by atoms with Crippen molar-refractivity contribution in [2.45, 2.75) is 39.7 Å². The molecule has 96 valence electrons. The zero-order chi connectivity index (χ0) is 13.1. The highest BCUT2D eigenvalue weighted by atomic mass is 32.1. The molecule has 1 unspecified atom stereocenters. The number of aryl methyl sites for hydroxylation is 1. The molecule has 18 heavy (non-hydrogen) atoms. The van der Waals surface area contributed by atoms with E-state index in [-0.39, 0.29) is 6.04 Å². The van der Waals surface area contributed by atoms with Crippen LogP contribution in [0.15, 0.2) is 17.6 Å². The molecule has 2 rings (SSSR count). The Morgan fingerprint density at radius 3 is 2.61 bits per heavy atom. The van der Waals surface area contributed by atoms with E-state index in [0.29, 0.717) is 11.9 Å². The summed E-state index contributed by atoms with van der Waals surface area (Å²) in [5.41, 5.74) is 2.05. The van der Waals surface area contributed by atoms with Crippen molar-refractivity contribution in [2.75, 3.05) is 5.32 Å². The van der Waals surface area contributed by atoms with E-state index in [1.807, 2.05) is 24.6 Å².